The van der Waals surface area contributed by atoms with Crippen molar-refractivity contribution in [3.8, 4) is 0 Å². The van der Waals surface area contributed by atoms with Crippen molar-refractivity contribution in [1.82, 2.24) is 9.97 Å². The van der Waals surface area contributed by atoms with Gasteiger partial charge in [0.05, 0.1) is 5.69 Å². The first kappa shape index (κ1) is 15.0. The minimum absolute atomic E-state index is 0.592. The van der Waals surface area contributed by atoms with E-state index in [0.29, 0.717) is 22.5 Å². The first-order chi connectivity index (χ1) is 9.42. The Morgan fingerprint density at radius 3 is 2.45 bits per heavy atom. The molecular weight excluding hydrogens is 342 g/mol. The number of hydrazine groups is 1. The van der Waals surface area contributed by atoms with Crippen LogP contribution in [0.25, 0.3) is 0 Å². The van der Waals surface area contributed by atoms with Gasteiger partial charge in [0.1, 0.15) is 17.5 Å². The van der Waals surface area contributed by atoms with E-state index in [-0.39, 0.29) is 0 Å². The van der Waals surface area contributed by atoms with Gasteiger partial charge in [-0.15, -0.1) is 0 Å². The monoisotopic (exact) mass is 355 g/mol. The van der Waals surface area contributed by atoms with Crippen LogP contribution in [0.2, 0.25) is 5.02 Å². The third kappa shape index (κ3) is 3.03. The lowest BCUT2D eigenvalue weighted by atomic mass is 10.2. The third-order valence-corrected chi connectivity index (χ3v) is 3.96. The third-order valence-electron chi connectivity index (χ3n) is 2.90. The summed E-state index contributed by atoms with van der Waals surface area (Å²) in [5.74, 6) is 7.36. The SMILES string of the molecule is Cc1nc(NN)c(C)c(Nc2cc(Cl)c(C)cc2Br)n1. The molecule has 1 aromatic carbocycles. The van der Waals surface area contributed by atoms with Gasteiger partial charge in [-0.3, -0.25) is 0 Å². The van der Waals surface area contributed by atoms with E-state index in [4.69, 9.17) is 17.4 Å². The molecule has 5 nitrogen and oxygen atoms in total. The molecule has 106 valence electrons. The average molecular weight is 357 g/mol. The highest BCUT2D eigenvalue weighted by Crippen LogP contribution is 2.32. The van der Waals surface area contributed by atoms with Crippen molar-refractivity contribution in [3.63, 3.8) is 0 Å². The second-order valence-electron chi connectivity index (χ2n) is 4.44. The molecule has 2 rings (SSSR count). The molecule has 0 saturated carbocycles. The number of anilines is 3. The van der Waals surface area contributed by atoms with E-state index < -0.39 is 0 Å². The van der Waals surface area contributed by atoms with Gasteiger partial charge in [0, 0.05) is 15.1 Å². The Labute approximate surface area is 131 Å². The first-order valence-corrected chi connectivity index (χ1v) is 7.14. The van der Waals surface area contributed by atoms with Gasteiger partial charge < -0.3 is 10.7 Å². The summed E-state index contributed by atoms with van der Waals surface area (Å²) in [5, 5.41) is 3.94. The minimum Gasteiger partial charge on any atom is -0.339 e. The Balaban J connectivity index is 2.45. The maximum Gasteiger partial charge on any atom is 0.148 e. The maximum atomic E-state index is 6.16. The average Bonchev–Trinajstić information content (AvgIpc) is 2.39. The lowest BCUT2D eigenvalue weighted by Crippen LogP contribution is -2.13. The number of aromatic nitrogens is 2. The van der Waals surface area contributed by atoms with Crippen molar-refractivity contribution in [3.05, 3.63) is 38.6 Å². The van der Waals surface area contributed by atoms with E-state index in [1.807, 2.05) is 32.9 Å². The van der Waals surface area contributed by atoms with Gasteiger partial charge in [0.25, 0.3) is 0 Å². The second-order valence-corrected chi connectivity index (χ2v) is 5.71. The Morgan fingerprint density at radius 1 is 1.15 bits per heavy atom. The van der Waals surface area contributed by atoms with Crippen molar-refractivity contribution in [2.45, 2.75) is 20.8 Å². The molecule has 0 aliphatic rings. The van der Waals surface area contributed by atoms with Gasteiger partial charge in [0.15, 0.2) is 0 Å². The fraction of sp³-hybridized carbons (Fsp3) is 0.231. The molecule has 0 fully saturated rings. The van der Waals surface area contributed by atoms with Crippen LogP contribution in [0.1, 0.15) is 17.0 Å². The number of rotatable bonds is 3. The molecular formula is C13H15BrClN5. The molecule has 20 heavy (non-hydrogen) atoms. The highest BCUT2D eigenvalue weighted by Gasteiger charge is 2.11. The van der Waals surface area contributed by atoms with E-state index in [9.17, 15) is 0 Å². The van der Waals surface area contributed by atoms with E-state index in [1.165, 1.54) is 0 Å². The van der Waals surface area contributed by atoms with Crippen LogP contribution < -0.4 is 16.6 Å². The normalized spacial score (nSPS) is 10.5. The van der Waals surface area contributed by atoms with Gasteiger partial charge >= 0.3 is 0 Å². The summed E-state index contributed by atoms with van der Waals surface area (Å²) in [6.07, 6.45) is 0. The van der Waals surface area contributed by atoms with Gasteiger partial charge in [-0.05, 0) is 54.4 Å². The molecule has 1 aromatic heterocycles. The summed E-state index contributed by atoms with van der Waals surface area (Å²) in [6.45, 7) is 5.65. The molecule has 0 aliphatic heterocycles. The molecule has 1 heterocycles. The van der Waals surface area contributed by atoms with Crippen LogP contribution in [0.3, 0.4) is 0 Å². The molecule has 7 heteroatoms. The van der Waals surface area contributed by atoms with Gasteiger partial charge in [-0.1, -0.05) is 11.6 Å². The number of benzene rings is 1. The van der Waals surface area contributed by atoms with Crippen molar-refractivity contribution in [1.29, 1.82) is 0 Å². The molecule has 0 saturated heterocycles. The molecule has 2 aromatic rings. The van der Waals surface area contributed by atoms with Gasteiger partial charge in [-0.2, -0.15) is 0 Å². The van der Waals surface area contributed by atoms with Crippen molar-refractivity contribution in [2.24, 2.45) is 5.84 Å². The predicted molar refractivity (Wildman–Crippen MR) is 86.5 cm³/mol. The summed E-state index contributed by atoms with van der Waals surface area (Å²) in [5.41, 5.74) is 5.24. The highest BCUT2D eigenvalue weighted by atomic mass is 79.9. The van der Waals surface area contributed by atoms with Gasteiger partial charge in [-0.25, -0.2) is 15.8 Å². The molecule has 0 radical (unpaired) electrons. The fourth-order valence-electron chi connectivity index (χ4n) is 1.76. The fourth-order valence-corrected chi connectivity index (χ4v) is 2.48. The summed E-state index contributed by atoms with van der Waals surface area (Å²) < 4.78 is 0.914. The lowest BCUT2D eigenvalue weighted by Gasteiger charge is -2.14. The number of hydrogen-bond acceptors (Lipinski definition) is 5. The number of hydrogen-bond donors (Lipinski definition) is 3. The Hall–Kier alpha value is -1.37. The molecule has 0 amide bonds. The van der Waals surface area contributed by atoms with E-state index >= 15 is 0 Å². The van der Waals surface area contributed by atoms with E-state index in [0.717, 1.165) is 21.3 Å². The zero-order chi connectivity index (χ0) is 14.9. The van der Waals surface area contributed by atoms with E-state index in [2.05, 4.69) is 36.6 Å². The highest BCUT2D eigenvalue weighted by molar-refractivity contribution is 9.10. The topological polar surface area (TPSA) is 75.9 Å². The standard InChI is InChI=1S/C13H15BrClN5/c1-6-4-9(14)11(5-10(6)15)19-12-7(2)13(20-16)18-8(3)17-12/h4-5H,16H2,1-3H3,(H2,17,18,19,20). The number of nitrogens with two attached hydrogens (primary N) is 1. The number of nitrogens with zero attached hydrogens (tertiary/aromatic N) is 2. The Bertz CT molecular complexity index is 660. The molecule has 0 atom stereocenters. The number of halogens is 2. The molecule has 4 N–H and O–H groups in total. The number of nitrogen functional groups attached to an aromatic ring is 1. The van der Waals surface area contributed by atoms with Crippen LogP contribution in [0.15, 0.2) is 16.6 Å². The van der Waals surface area contributed by atoms with E-state index in [1.54, 1.807) is 0 Å². The summed E-state index contributed by atoms with van der Waals surface area (Å²) in [4.78, 5) is 8.61. The zero-order valence-corrected chi connectivity index (χ0v) is 13.7. The van der Waals surface area contributed by atoms with Crippen molar-refractivity contribution >= 4 is 44.9 Å². The van der Waals surface area contributed by atoms with Crippen LogP contribution >= 0.6 is 27.5 Å². The molecule has 0 unspecified atom stereocenters. The first-order valence-electron chi connectivity index (χ1n) is 5.97. The smallest absolute Gasteiger partial charge is 0.148 e. The van der Waals surface area contributed by atoms with Crippen LogP contribution in [-0.2, 0) is 0 Å². The Morgan fingerprint density at radius 2 is 1.80 bits per heavy atom. The molecule has 0 aliphatic carbocycles. The number of aryl methyl sites for hydroxylation is 2. The largest absolute Gasteiger partial charge is 0.339 e. The van der Waals surface area contributed by atoms with Crippen molar-refractivity contribution in [2.75, 3.05) is 10.7 Å². The van der Waals surface area contributed by atoms with Crippen LogP contribution in [-0.4, -0.2) is 9.97 Å². The quantitative estimate of drug-likeness (QED) is 0.575. The van der Waals surface area contributed by atoms with Crippen LogP contribution in [0.5, 0.6) is 0 Å². The van der Waals surface area contributed by atoms with Crippen LogP contribution in [0, 0.1) is 20.8 Å². The lowest BCUT2D eigenvalue weighted by molar-refractivity contribution is 1.03. The van der Waals surface area contributed by atoms with Crippen LogP contribution in [0.4, 0.5) is 17.3 Å². The Kier molecular flexibility index (Phi) is 4.47. The zero-order valence-electron chi connectivity index (χ0n) is 11.4. The summed E-state index contributed by atoms with van der Waals surface area (Å²) in [7, 11) is 0. The van der Waals surface area contributed by atoms with Gasteiger partial charge in [0.2, 0.25) is 0 Å². The number of nitrogens with one attached hydrogen (secondary N) is 2. The molecule has 0 bridgehead atoms. The van der Waals surface area contributed by atoms with Crippen molar-refractivity contribution < 1.29 is 0 Å². The predicted octanol–water partition coefficient (Wildman–Crippen LogP) is 3.85. The summed E-state index contributed by atoms with van der Waals surface area (Å²) in [6, 6.07) is 3.81. The minimum atomic E-state index is 0.592. The second kappa shape index (κ2) is 5.95. The maximum absolute atomic E-state index is 6.16. The molecule has 0 spiro atoms. The summed E-state index contributed by atoms with van der Waals surface area (Å²) >= 11 is 9.67.